The molecule has 1 aliphatic rings. The van der Waals surface area contributed by atoms with Crippen LogP contribution in [0.25, 0.3) is 0 Å². The molecule has 0 aliphatic carbocycles. The minimum Gasteiger partial charge on any atom is -0.301 e. The first kappa shape index (κ1) is 18.1. The first-order valence-corrected chi connectivity index (χ1v) is 8.74. The second kappa shape index (κ2) is 6.90. The first-order valence-electron chi connectivity index (χ1n) is 7.30. The van der Waals surface area contributed by atoms with Gasteiger partial charge in [0.15, 0.2) is 0 Å². The Hall–Kier alpha value is -0.910. The molecule has 1 saturated heterocycles. The van der Waals surface area contributed by atoms with Crippen molar-refractivity contribution in [2.45, 2.75) is 51.0 Å². The predicted molar refractivity (Wildman–Crippen MR) is 86.1 cm³/mol. The van der Waals surface area contributed by atoms with E-state index in [4.69, 9.17) is 4.55 Å². The summed E-state index contributed by atoms with van der Waals surface area (Å²) in [6.45, 7) is 10.2. The molecule has 5 heteroatoms. The molecule has 0 spiro atoms. The van der Waals surface area contributed by atoms with Gasteiger partial charge in [0.1, 0.15) is 0 Å². The van der Waals surface area contributed by atoms with Crippen molar-refractivity contribution in [1.82, 2.24) is 4.90 Å². The summed E-state index contributed by atoms with van der Waals surface area (Å²) in [5, 5.41) is 0. The van der Waals surface area contributed by atoms with Crippen molar-refractivity contribution in [2.75, 3.05) is 13.6 Å². The summed E-state index contributed by atoms with van der Waals surface area (Å²) in [6, 6.07) is 5.99. The summed E-state index contributed by atoms with van der Waals surface area (Å²) in [6.07, 6.45) is 2.78. The van der Waals surface area contributed by atoms with Gasteiger partial charge in [0.2, 0.25) is 0 Å². The van der Waals surface area contributed by atoms with Crippen molar-refractivity contribution in [1.29, 1.82) is 0 Å². The molecule has 0 bridgehead atoms. The van der Waals surface area contributed by atoms with E-state index >= 15 is 0 Å². The molecule has 0 amide bonds. The van der Waals surface area contributed by atoms with Crippen LogP contribution in [0.3, 0.4) is 0 Å². The number of hydrogen-bond acceptors (Lipinski definition) is 3. The van der Waals surface area contributed by atoms with Gasteiger partial charge in [-0.3, -0.25) is 4.55 Å². The van der Waals surface area contributed by atoms with E-state index in [-0.39, 0.29) is 4.90 Å². The van der Waals surface area contributed by atoms with Crippen LogP contribution in [0.15, 0.2) is 29.2 Å². The van der Waals surface area contributed by atoms with Crippen LogP contribution in [0.1, 0.15) is 39.2 Å². The van der Waals surface area contributed by atoms with E-state index in [1.165, 1.54) is 31.5 Å². The Morgan fingerprint density at radius 2 is 1.76 bits per heavy atom. The Labute approximate surface area is 128 Å². The van der Waals surface area contributed by atoms with Gasteiger partial charge in [0.05, 0.1) is 4.90 Å². The summed E-state index contributed by atoms with van der Waals surface area (Å²) < 4.78 is 29.6. The van der Waals surface area contributed by atoms with E-state index in [0.717, 1.165) is 11.5 Å². The number of piperidine rings is 1. The molecule has 21 heavy (non-hydrogen) atoms. The summed E-state index contributed by atoms with van der Waals surface area (Å²) in [4.78, 5) is 2.41. The van der Waals surface area contributed by atoms with E-state index in [1.807, 2.05) is 6.92 Å². The van der Waals surface area contributed by atoms with Crippen LogP contribution in [0.4, 0.5) is 0 Å². The third-order valence-electron chi connectivity index (χ3n) is 4.64. The third kappa shape index (κ3) is 5.09. The molecule has 1 fully saturated rings. The monoisotopic (exact) mass is 313 g/mol. The van der Waals surface area contributed by atoms with Crippen LogP contribution in [-0.2, 0) is 10.1 Å². The number of likely N-dealkylation sites (tertiary alicyclic amines) is 1. The highest BCUT2D eigenvalue weighted by Gasteiger charge is 2.32. The van der Waals surface area contributed by atoms with Crippen molar-refractivity contribution in [3.05, 3.63) is 29.8 Å². The molecule has 0 radical (unpaired) electrons. The lowest BCUT2D eigenvalue weighted by Gasteiger charge is -2.44. The second-order valence-corrected chi connectivity index (χ2v) is 7.83. The molecular weight excluding hydrogens is 286 g/mol. The maximum atomic E-state index is 10.5. The standard InChI is InChI=1S/C9H19N.C7H8O3S/c1-8-6-5-7-10(4)9(8,2)3;1-6-2-4-7(5-3-6)11(8,9)10/h8H,5-7H2,1-4H3;2-5H,1H3,(H,8,9,10). The van der Waals surface area contributed by atoms with Gasteiger partial charge in [-0.05, 0) is 65.3 Å². The third-order valence-corrected chi connectivity index (χ3v) is 5.51. The predicted octanol–water partition coefficient (Wildman–Crippen LogP) is 3.37. The van der Waals surface area contributed by atoms with Gasteiger partial charge in [-0.25, -0.2) is 0 Å². The minimum atomic E-state index is -4.02. The molecule has 4 nitrogen and oxygen atoms in total. The van der Waals surface area contributed by atoms with Crippen LogP contribution in [0, 0.1) is 12.8 Å². The van der Waals surface area contributed by atoms with E-state index < -0.39 is 10.1 Å². The van der Waals surface area contributed by atoms with Crippen LogP contribution in [-0.4, -0.2) is 37.0 Å². The van der Waals surface area contributed by atoms with Gasteiger partial charge in [0, 0.05) is 5.54 Å². The highest BCUT2D eigenvalue weighted by Crippen LogP contribution is 2.31. The molecular formula is C16H27NO3S. The largest absolute Gasteiger partial charge is 0.301 e. The summed E-state index contributed by atoms with van der Waals surface area (Å²) >= 11 is 0. The lowest BCUT2D eigenvalue weighted by molar-refractivity contribution is 0.0547. The lowest BCUT2D eigenvalue weighted by Crippen LogP contribution is -2.49. The maximum absolute atomic E-state index is 10.5. The molecule has 120 valence electrons. The Morgan fingerprint density at radius 1 is 1.24 bits per heavy atom. The van der Waals surface area contributed by atoms with Crippen LogP contribution in [0.5, 0.6) is 0 Å². The van der Waals surface area contributed by atoms with Crippen molar-refractivity contribution in [3.63, 3.8) is 0 Å². The minimum absolute atomic E-state index is 0.0666. The summed E-state index contributed by atoms with van der Waals surface area (Å²) in [5.74, 6) is 0.853. The van der Waals surface area contributed by atoms with Crippen molar-refractivity contribution >= 4 is 10.1 Å². The normalized spacial score (nSPS) is 22.3. The van der Waals surface area contributed by atoms with Crippen LogP contribution < -0.4 is 0 Å². The average molecular weight is 313 g/mol. The van der Waals surface area contributed by atoms with Crippen LogP contribution >= 0.6 is 0 Å². The lowest BCUT2D eigenvalue weighted by atomic mass is 9.81. The van der Waals surface area contributed by atoms with Gasteiger partial charge in [-0.1, -0.05) is 24.6 Å². The fourth-order valence-corrected chi connectivity index (χ4v) is 2.84. The zero-order valence-electron chi connectivity index (χ0n) is 13.6. The average Bonchev–Trinajstić information content (AvgIpc) is 2.37. The molecule has 1 aromatic carbocycles. The summed E-state index contributed by atoms with van der Waals surface area (Å²) in [7, 11) is -1.79. The highest BCUT2D eigenvalue weighted by atomic mass is 32.2. The van der Waals surface area contributed by atoms with Crippen molar-refractivity contribution in [2.24, 2.45) is 5.92 Å². The molecule has 0 saturated carbocycles. The van der Waals surface area contributed by atoms with Gasteiger partial charge in [-0.2, -0.15) is 8.42 Å². The van der Waals surface area contributed by atoms with Gasteiger partial charge < -0.3 is 4.90 Å². The molecule has 1 heterocycles. The maximum Gasteiger partial charge on any atom is 0.294 e. The smallest absolute Gasteiger partial charge is 0.294 e. The molecule has 1 aliphatic heterocycles. The molecule has 2 rings (SSSR count). The van der Waals surface area contributed by atoms with Gasteiger partial charge in [-0.15, -0.1) is 0 Å². The molecule has 1 atom stereocenters. The van der Waals surface area contributed by atoms with E-state index in [2.05, 4.69) is 32.7 Å². The zero-order chi connectivity index (χ0) is 16.3. The highest BCUT2D eigenvalue weighted by molar-refractivity contribution is 7.85. The number of hydrogen-bond donors (Lipinski definition) is 1. The molecule has 1 N–H and O–H groups in total. The van der Waals surface area contributed by atoms with Gasteiger partial charge in [0.25, 0.3) is 10.1 Å². The first-order chi connectivity index (χ1) is 9.55. The topological polar surface area (TPSA) is 57.6 Å². The number of benzene rings is 1. The zero-order valence-corrected chi connectivity index (χ0v) is 14.4. The van der Waals surface area contributed by atoms with Crippen LogP contribution in [0.2, 0.25) is 0 Å². The Morgan fingerprint density at radius 3 is 2.14 bits per heavy atom. The van der Waals surface area contributed by atoms with E-state index in [0.29, 0.717) is 5.54 Å². The Bertz CT molecular complexity index is 537. The Kier molecular flexibility index (Phi) is 5.96. The molecule has 1 unspecified atom stereocenters. The quantitative estimate of drug-likeness (QED) is 0.808. The summed E-state index contributed by atoms with van der Waals surface area (Å²) in [5.41, 5.74) is 1.38. The fraction of sp³-hybridized carbons (Fsp3) is 0.625. The SMILES string of the molecule is CC1CCCN(C)C1(C)C.Cc1ccc(S(=O)(=O)O)cc1. The van der Waals surface area contributed by atoms with E-state index in [1.54, 1.807) is 12.1 Å². The number of aryl methyl sites for hydroxylation is 1. The Balaban J connectivity index is 0.000000211. The molecule has 0 aromatic heterocycles. The fourth-order valence-electron chi connectivity index (χ4n) is 2.36. The number of rotatable bonds is 1. The second-order valence-electron chi connectivity index (χ2n) is 6.41. The number of nitrogens with zero attached hydrogens (tertiary/aromatic N) is 1. The van der Waals surface area contributed by atoms with Crippen molar-refractivity contribution in [3.8, 4) is 0 Å². The van der Waals surface area contributed by atoms with E-state index in [9.17, 15) is 8.42 Å². The molecule has 1 aromatic rings. The van der Waals surface area contributed by atoms with Crippen molar-refractivity contribution < 1.29 is 13.0 Å². The van der Waals surface area contributed by atoms with Gasteiger partial charge >= 0.3 is 0 Å².